The van der Waals surface area contributed by atoms with Crippen molar-refractivity contribution in [1.29, 1.82) is 0 Å². The Morgan fingerprint density at radius 2 is 1.78 bits per heavy atom. The molecule has 0 radical (unpaired) electrons. The predicted molar refractivity (Wildman–Crippen MR) is 76.8 cm³/mol. The number of nitrogens with zero attached hydrogens (tertiary/aromatic N) is 1. The van der Waals surface area contributed by atoms with Crippen molar-refractivity contribution in [1.82, 2.24) is 15.5 Å². The van der Waals surface area contributed by atoms with Crippen molar-refractivity contribution in [2.24, 2.45) is 0 Å². The molecular weight excluding hydrogens is 274 g/mol. The third-order valence-electron chi connectivity index (χ3n) is 2.43. The number of hydrogen-bond acceptors (Lipinski definition) is 4. The molecule has 1 aliphatic rings. The molecule has 7 heteroatoms. The van der Waals surface area contributed by atoms with Crippen LogP contribution in [0.25, 0.3) is 0 Å². The van der Waals surface area contributed by atoms with Crippen LogP contribution in [0, 0.1) is 0 Å². The average molecular weight is 296 g/mol. The van der Waals surface area contributed by atoms with Crippen LogP contribution < -0.4 is 10.6 Å². The third kappa shape index (κ3) is 5.46. The molecule has 1 saturated heterocycles. The lowest BCUT2D eigenvalue weighted by molar-refractivity contribution is -0.133. The summed E-state index contributed by atoms with van der Waals surface area (Å²) in [5.41, 5.74) is -1.01. The molecule has 0 aromatic heterocycles. The Labute approximate surface area is 119 Å². The van der Waals surface area contributed by atoms with E-state index in [0.29, 0.717) is 13.1 Å². The second kappa shape index (κ2) is 9.47. The summed E-state index contributed by atoms with van der Waals surface area (Å²) in [5, 5.41) is 4.39. The number of carbonyl (C=O) groups excluding carboxylic acids is 2. The van der Waals surface area contributed by atoms with Gasteiger partial charge in [-0.3, -0.25) is 9.59 Å². The number of likely N-dealkylation sites (tertiary alicyclic amines) is 1. The molecule has 2 unspecified atom stereocenters. The Balaban J connectivity index is 0.00000137. The summed E-state index contributed by atoms with van der Waals surface area (Å²) in [4.78, 5) is 24.8. The number of nitrogens with one attached hydrogen (secondary N) is 2. The van der Waals surface area contributed by atoms with Gasteiger partial charge in [0.25, 0.3) is 5.91 Å². The molecule has 0 saturated carbocycles. The smallest absolute Gasteiger partial charge is 0.260 e. The highest BCUT2D eigenvalue weighted by Gasteiger charge is 2.27. The lowest BCUT2D eigenvalue weighted by Gasteiger charge is -2.20. The van der Waals surface area contributed by atoms with Gasteiger partial charge in [0.2, 0.25) is 5.91 Å². The van der Waals surface area contributed by atoms with E-state index in [1.807, 2.05) is 13.8 Å². The first-order chi connectivity index (χ1) is 8.56. The Kier molecular flexibility index (Phi) is 9.23. The van der Waals surface area contributed by atoms with E-state index in [2.05, 4.69) is 23.3 Å². The summed E-state index contributed by atoms with van der Waals surface area (Å²) in [6.07, 6.45) is 1.99. The van der Waals surface area contributed by atoms with E-state index in [1.54, 1.807) is 11.9 Å². The van der Waals surface area contributed by atoms with E-state index in [4.69, 9.17) is 11.6 Å². The van der Waals surface area contributed by atoms with E-state index in [1.165, 1.54) is 0 Å². The summed E-state index contributed by atoms with van der Waals surface area (Å²) in [6.45, 7) is 5.43. The maximum Gasteiger partial charge on any atom is 0.260 e. The topological polar surface area (TPSA) is 61.4 Å². The Hall–Kier alpha value is -0.460. The van der Waals surface area contributed by atoms with Crippen LogP contribution in [0.15, 0.2) is 0 Å². The van der Waals surface area contributed by atoms with Gasteiger partial charge >= 0.3 is 0 Å². The summed E-state index contributed by atoms with van der Waals surface area (Å²) >= 11 is 9.79. The van der Waals surface area contributed by atoms with Crippen molar-refractivity contribution in [2.45, 2.75) is 37.6 Å². The zero-order valence-electron chi connectivity index (χ0n) is 11.1. The van der Waals surface area contributed by atoms with E-state index < -0.39 is 16.8 Å². The van der Waals surface area contributed by atoms with Crippen molar-refractivity contribution in [3.05, 3.63) is 0 Å². The van der Waals surface area contributed by atoms with E-state index >= 15 is 0 Å². The summed E-state index contributed by atoms with van der Waals surface area (Å²) in [5.74, 6) is -0.650. The lowest BCUT2D eigenvalue weighted by Crippen LogP contribution is -2.48. The van der Waals surface area contributed by atoms with Crippen LogP contribution in [0.1, 0.15) is 26.7 Å². The molecule has 0 bridgehead atoms. The van der Waals surface area contributed by atoms with Crippen molar-refractivity contribution >= 4 is 36.0 Å². The van der Waals surface area contributed by atoms with Crippen LogP contribution >= 0.6 is 24.2 Å². The number of halogens is 1. The van der Waals surface area contributed by atoms with Gasteiger partial charge < -0.3 is 15.5 Å². The van der Waals surface area contributed by atoms with Crippen LogP contribution in [0.3, 0.4) is 0 Å². The van der Waals surface area contributed by atoms with E-state index in [-0.39, 0.29) is 5.91 Å². The van der Waals surface area contributed by atoms with Crippen LogP contribution in [-0.2, 0) is 9.59 Å². The molecule has 18 heavy (non-hydrogen) atoms. The minimum atomic E-state index is -1.01. The van der Waals surface area contributed by atoms with Crippen LogP contribution in [0.2, 0.25) is 0 Å². The van der Waals surface area contributed by atoms with E-state index in [0.717, 1.165) is 12.8 Å². The maximum atomic E-state index is 11.7. The van der Waals surface area contributed by atoms with Crippen molar-refractivity contribution in [3.63, 3.8) is 0 Å². The van der Waals surface area contributed by atoms with Gasteiger partial charge in [0, 0.05) is 13.1 Å². The quantitative estimate of drug-likeness (QED) is 0.311. The fourth-order valence-corrected chi connectivity index (χ4v) is 1.81. The lowest BCUT2D eigenvalue weighted by atomic mass is 10.4. The van der Waals surface area contributed by atoms with Gasteiger partial charge in [-0.2, -0.15) is 12.6 Å². The first-order valence-corrected chi connectivity index (χ1v) is 7.10. The molecular formula is C11H22ClN3O2S. The van der Waals surface area contributed by atoms with Gasteiger partial charge in [-0.05, 0) is 19.9 Å². The highest BCUT2D eigenvalue weighted by Crippen LogP contribution is 2.10. The highest BCUT2D eigenvalue weighted by molar-refractivity contribution is 7.81. The number of rotatable bonds is 4. The van der Waals surface area contributed by atoms with Gasteiger partial charge in [0.1, 0.15) is 5.37 Å². The molecule has 2 amide bonds. The fourth-order valence-electron chi connectivity index (χ4n) is 1.49. The maximum absolute atomic E-state index is 11.7. The van der Waals surface area contributed by atoms with Gasteiger partial charge in [0.15, 0.2) is 5.50 Å². The van der Waals surface area contributed by atoms with Crippen LogP contribution in [0.5, 0.6) is 0 Å². The molecule has 0 aromatic carbocycles. The zero-order valence-corrected chi connectivity index (χ0v) is 12.7. The minimum absolute atomic E-state index is 0.246. The van der Waals surface area contributed by atoms with Crippen molar-refractivity contribution < 1.29 is 9.59 Å². The Bertz CT molecular complexity index is 273. The normalized spacial score (nSPS) is 17.5. The Morgan fingerprint density at radius 3 is 2.22 bits per heavy atom. The predicted octanol–water partition coefficient (Wildman–Crippen LogP) is 0.791. The fraction of sp³-hybridized carbons (Fsp3) is 0.818. The monoisotopic (exact) mass is 295 g/mol. The van der Waals surface area contributed by atoms with Crippen LogP contribution in [-0.4, -0.2) is 47.7 Å². The van der Waals surface area contributed by atoms with Gasteiger partial charge in [-0.15, -0.1) is 0 Å². The number of hydrogen-bond donors (Lipinski definition) is 3. The number of carbonyl (C=O) groups is 2. The standard InChI is InChI=1S/C9H16ClN3O2S.C2H6/c1-11-8(16)7(14)12-6(10)9(15)13-4-2-3-5-13;1-2/h6,8,11,16H,2-5H2,1H3,(H,12,14);1-2H3. The number of amides is 2. The summed E-state index contributed by atoms with van der Waals surface area (Å²) in [7, 11) is 1.60. The third-order valence-corrected chi connectivity index (χ3v) is 3.21. The second-order valence-electron chi connectivity index (χ2n) is 3.59. The molecule has 0 spiro atoms. The summed E-state index contributed by atoms with van der Waals surface area (Å²) in [6, 6.07) is 0. The molecule has 5 nitrogen and oxygen atoms in total. The molecule has 0 aromatic rings. The van der Waals surface area contributed by atoms with Crippen LogP contribution in [0.4, 0.5) is 0 Å². The first kappa shape index (κ1) is 17.5. The zero-order chi connectivity index (χ0) is 14.1. The molecule has 106 valence electrons. The highest BCUT2D eigenvalue weighted by atomic mass is 35.5. The van der Waals surface area contributed by atoms with Crippen molar-refractivity contribution in [3.8, 4) is 0 Å². The van der Waals surface area contributed by atoms with Gasteiger partial charge in [0.05, 0.1) is 0 Å². The number of likely N-dealkylation sites (N-methyl/N-ethyl adjacent to an activating group) is 1. The number of thiol groups is 1. The molecule has 1 aliphatic heterocycles. The second-order valence-corrected chi connectivity index (χ2v) is 4.55. The van der Waals surface area contributed by atoms with E-state index in [9.17, 15) is 9.59 Å². The first-order valence-electron chi connectivity index (χ1n) is 6.15. The van der Waals surface area contributed by atoms with Gasteiger partial charge in [-0.1, -0.05) is 25.4 Å². The molecule has 2 N–H and O–H groups in total. The van der Waals surface area contributed by atoms with Crippen molar-refractivity contribution in [2.75, 3.05) is 20.1 Å². The molecule has 1 heterocycles. The molecule has 2 atom stereocenters. The number of alkyl halides is 1. The average Bonchev–Trinajstić information content (AvgIpc) is 2.92. The minimum Gasteiger partial charge on any atom is -0.340 e. The Morgan fingerprint density at radius 1 is 1.28 bits per heavy atom. The summed E-state index contributed by atoms with van der Waals surface area (Å²) < 4.78 is 0. The van der Waals surface area contributed by atoms with Gasteiger partial charge in [-0.25, -0.2) is 0 Å². The molecule has 1 fully saturated rings. The molecule has 1 rings (SSSR count). The largest absolute Gasteiger partial charge is 0.340 e. The molecule has 0 aliphatic carbocycles. The SMILES string of the molecule is CC.CNC(S)C(=O)NC(Cl)C(=O)N1CCCC1.